The summed E-state index contributed by atoms with van der Waals surface area (Å²) in [5.41, 5.74) is 1.72. The van der Waals surface area contributed by atoms with Crippen molar-refractivity contribution in [2.24, 2.45) is 4.99 Å². The summed E-state index contributed by atoms with van der Waals surface area (Å²) < 4.78 is 5.07. The lowest BCUT2D eigenvalue weighted by Crippen LogP contribution is -2.41. The maximum Gasteiger partial charge on any atom is 0.251 e. The fourth-order valence-electron chi connectivity index (χ4n) is 2.37. The molecule has 1 rings (SSSR count). The van der Waals surface area contributed by atoms with Gasteiger partial charge in [0.2, 0.25) is 0 Å². The van der Waals surface area contributed by atoms with Crippen LogP contribution >= 0.6 is 0 Å². The van der Waals surface area contributed by atoms with Crippen LogP contribution in [0.25, 0.3) is 0 Å². The van der Waals surface area contributed by atoms with Crippen molar-refractivity contribution >= 4 is 11.9 Å². The van der Waals surface area contributed by atoms with Crippen molar-refractivity contribution in [2.75, 3.05) is 54.0 Å². The third kappa shape index (κ3) is 8.82. The van der Waals surface area contributed by atoms with Crippen molar-refractivity contribution in [3.8, 4) is 0 Å². The zero-order chi connectivity index (χ0) is 19.2. The monoisotopic (exact) mass is 363 g/mol. The van der Waals surface area contributed by atoms with E-state index in [2.05, 4.69) is 32.9 Å². The number of nitrogens with one attached hydrogen (secondary N) is 3. The van der Waals surface area contributed by atoms with Gasteiger partial charge in [0, 0.05) is 52.5 Å². The number of benzene rings is 1. The van der Waals surface area contributed by atoms with Crippen molar-refractivity contribution in [3.05, 3.63) is 35.4 Å². The van der Waals surface area contributed by atoms with Gasteiger partial charge in [0.1, 0.15) is 0 Å². The van der Waals surface area contributed by atoms with E-state index in [1.165, 1.54) is 0 Å². The summed E-state index contributed by atoms with van der Waals surface area (Å²) in [5.74, 6) is 0.720. The Morgan fingerprint density at radius 2 is 1.92 bits per heavy atom. The summed E-state index contributed by atoms with van der Waals surface area (Å²) in [6.07, 6.45) is 1.03. The number of carbonyl (C=O) groups is 1. The molecule has 0 aliphatic heterocycles. The van der Waals surface area contributed by atoms with Crippen molar-refractivity contribution in [1.82, 2.24) is 20.9 Å². The van der Waals surface area contributed by atoms with Crippen molar-refractivity contribution < 1.29 is 9.53 Å². The normalized spacial score (nSPS) is 11.5. The number of likely N-dealkylation sites (N-methyl/N-ethyl adjacent to an activating group) is 1. The summed E-state index contributed by atoms with van der Waals surface area (Å²) in [5, 5.41) is 9.23. The molecule has 0 heterocycles. The van der Waals surface area contributed by atoms with E-state index in [1.54, 1.807) is 14.2 Å². The van der Waals surface area contributed by atoms with Crippen LogP contribution in [-0.2, 0) is 11.3 Å². The predicted molar refractivity (Wildman–Crippen MR) is 107 cm³/mol. The molecule has 0 saturated heterocycles. The first-order valence-electron chi connectivity index (χ1n) is 9.11. The van der Waals surface area contributed by atoms with Gasteiger partial charge in [-0.05, 0) is 38.1 Å². The molecule has 0 saturated carbocycles. The van der Waals surface area contributed by atoms with Crippen LogP contribution in [0.4, 0.5) is 0 Å². The van der Waals surface area contributed by atoms with Crippen molar-refractivity contribution in [3.63, 3.8) is 0 Å². The first-order chi connectivity index (χ1) is 12.6. The number of ether oxygens (including phenoxy) is 1. The minimum atomic E-state index is -0.0790. The van der Waals surface area contributed by atoms with Gasteiger partial charge in [-0.2, -0.15) is 0 Å². The molecular weight excluding hydrogens is 330 g/mol. The molecule has 26 heavy (non-hydrogen) atoms. The van der Waals surface area contributed by atoms with Crippen LogP contribution in [0.5, 0.6) is 0 Å². The highest BCUT2D eigenvalue weighted by molar-refractivity contribution is 5.93. The second-order valence-electron chi connectivity index (χ2n) is 6.05. The minimum absolute atomic E-state index is 0.0790. The molecule has 1 aromatic rings. The second-order valence-corrected chi connectivity index (χ2v) is 6.05. The van der Waals surface area contributed by atoms with Crippen LogP contribution in [0, 0.1) is 0 Å². The zero-order valence-electron chi connectivity index (χ0n) is 16.5. The van der Waals surface area contributed by atoms with Crippen LogP contribution in [-0.4, -0.2) is 70.8 Å². The number of hydrogen-bond donors (Lipinski definition) is 3. The van der Waals surface area contributed by atoms with E-state index in [9.17, 15) is 4.79 Å². The number of nitrogens with zero attached hydrogens (tertiary/aromatic N) is 2. The molecule has 3 N–H and O–H groups in total. The van der Waals surface area contributed by atoms with Crippen LogP contribution < -0.4 is 16.0 Å². The smallest absolute Gasteiger partial charge is 0.251 e. The Kier molecular flexibility index (Phi) is 11.1. The van der Waals surface area contributed by atoms with E-state index in [4.69, 9.17) is 4.74 Å². The first kappa shape index (κ1) is 21.9. The molecule has 0 atom stereocenters. The van der Waals surface area contributed by atoms with E-state index in [1.807, 2.05) is 31.2 Å². The molecule has 7 heteroatoms. The Balaban J connectivity index is 2.46. The molecule has 146 valence electrons. The Morgan fingerprint density at radius 1 is 1.19 bits per heavy atom. The zero-order valence-corrected chi connectivity index (χ0v) is 16.5. The standard InChI is InChI=1S/C19H33N5O2/c1-5-21-19(22-11-13-24(3)12-6-14-26-4)23-15-16-7-9-17(10-8-16)18(25)20-2/h7-10H,5-6,11-15H2,1-4H3,(H,20,25)(H2,21,22,23). The molecule has 0 bridgehead atoms. The Bertz CT molecular complexity index is 545. The van der Waals surface area contributed by atoms with Crippen LogP contribution in [0.3, 0.4) is 0 Å². The summed E-state index contributed by atoms with van der Waals surface area (Å²) in [6, 6.07) is 7.50. The average molecular weight is 364 g/mol. The van der Waals surface area contributed by atoms with E-state index in [0.717, 1.165) is 50.7 Å². The largest absolute Gasteiger partial charge is 0.385 e. The summed E-state index contributed by atoms with van der Waals surface area (Å²) in [7, 11) is 5.46. The second kappa shape index (κ2) is 13.1. The molecule has 0 aliphatic carbocycles. The SMILES string of the molecule is CCNC(=NCc1ccc(C(=O)NC)cc1)NCCN(C)CCCOC. The third-order valence-electron chi connectivity index (χ3n) is 3.88. The van der Waals surface area contributed by atoms with Gasteiger partial charge in [-0.25, -0.2) is 4.99 Å². The molecule has 0 radical (unpaired) electrons. The van der Waals surface area contributed by atoms with Gasteiger partial charge in [0.25, 0.3) is 5.91 Å². The topological polar surface area (TPSA) is 78.0 Å². The van der Waals surface area contributed by atoms with Crippen LogP contribution in [0.2, 0.25) is 0 Å². The maximum atomic E-state index is 11.6. The predicted octanol–water partition coefficient (Wildman–Crippen LogP) is 1.07. The van der Waals surface area contributed by atoms with Gasteiger partial charge < -0.3 is 25.6 Å². The first-order valence-corrected chi connectivity index (χ1v) is 9.11. The highest BCUT2D eigenvalue weighted by Crippen LogP contribution is 2.05. The molecule has 0 aliphatic rings. The van der Waals surface area contributed by atoms with Crippen LogP contribution in [0.15, 0.2) is 29.3 Å². The molecule has 0 fully saturated rings. The molecule has 7 nitrogen and oxygen atoms in total. The summed E-state index contributed by atoms with van der Waals surface area (Å²) in [6.45, 7) is 6.99. The van der Waals surface area contributed by atoms with E-state index in [-0.39, 0.29) is 5.91 Å². The van der Waals surface area contributed by atoms with Crippen LogP contribution in [0.1, 0.15) is 29.3 Å². The molecule has 0 aromatic heterocycles. The summed E-state index contributed by atoms with van der Waals surface area (Å²) in [4.78, 5) is 18.4. The Hall–Kier alpha value is -2.12. The van der Waals surface area contributed by atoms with Gasteiger partial charge in [-0.15, -0.1) is 0 Å². The molecule has 0 spiro atoms. The quantitative estimate of drug-likeness (QED) is 0.311. The number of methoxy groups -OCH3 is 1. The van der Waals surface area contributed by atoms with E-state index >= 15 is 0 Å². The number of rotatable bonds is 11. The van der Waals surface area contributed by atoms with Crippen molar-refractivity contribution in [1.29, 1.82) is 0 Å². The number of amides is 1. The minimum Gasteiger partial charge on any atom is -0.385 e. The lowest BCUT2D eigenvalue weighted by Gasteiger charge is -2.18. The molecule has 1 amide bonds. The van der Waals surface area contributed by atoms with Crippen molar-refractivity contribution in [2.45, 2.75) is 19.9 Å². The average Bonchev–Trinajstić information content (AvgIpc) is 2.66. The lowest BCUT2D eigenvalue weighted by molar-refractivity contribution is 0.0963. The Labute approximate surface area is 157 Å². The summed E-state index contributed by atoms with van der Waals surface area (Å²) >= 11 is 0. The van der Waals surface area contributed by atoms with Gasteiger partial charge >= 0.3 is 0 Å². The van der Waals surface area contributed by atoms with Gasteiger partial charge in [-0.3, -0.25) is 4.79 Å². The van der Waals surface area contributed by atoms with Gasteiger partial charge in [-0.1, -0.05) is 12.1 Å². The number of carbonyl (C=O) groups excluding carboxylic acids is 1. The molecule has 0 unspecified atom stereocenters. The van der Waals surface area contributed by atoms with E-state index in [0.29, 0.717) is 12.1 Å². The molecule has 1 aromatic carbocycles. The highest BCUT2D eigenvalue weighted by Gasteiger charge is 2.03. The highest BCUT2D eigenvalue weighted by atomic mass is 16.5. The number of guanidine groups is 1. The fraction of sp³-hybridized carbons (Fsp3) is 0.579. The lowest BCUT2D eigenvalue weighted by atomic mass is 10.1. The Morgan fingerprint density at radius 3 is 2.54 bits per heavy atom. The maximum absolute atomic E-state index is 11.6. The third-order valence-corrected chi connectivity index (χ3v) is 3.88. The number of aliphatic imine (C=N–C) groups is 1. The molecular formula is C19H33N5O2. The fourth-order valence-corrected chi connectivity index (χ4v) is 2.37. The van der Waals surface area contributed by atoms with Gasteiger partial charge in [0.05, 0.1) is 6.54 Å². The van der Waals surface area contributed by atoms with Gasteiger partial charge in [0.15, 0.2) is 5.96 Å². The van der Waals surface area contributed by atoms with E-state index < -0.39 is 0 Å². The number of hydrogen-bond acceptors (Lipinski definition) is 4.